The molecule has 0 aliphatic carbocycles. The molecule has 1 N–H and O–H groups in total. The Morgan fingerprint density at radius 3 is 2.86 bits per heavy atom. The number of carbonyl (C=O) groups is 1. The van der Waals surface area contributed by atoms with Gasteiger partial charge in [0.25, 0.3) is 0 Å². The number of benzene rings is 1. The molecule has 1 aromatic carbocycles. The van der Waals surface area contributed by atoms with Gasteiger partial charge in [-0.15, -0.1) is 11.3 Å². The average Bonchev–Trinajstić information content (AvgIpc) is 2.92. The van der Waals surface area contributed by atoms with Crippen molar-refractivity contribution in [2.75, 3.05) is 6.54 Å². The van der Waals surface area contributed by atoms with Gasteiger partial charge in [-0.2, -0.15) is 0 Å². The highest BCUT2D eigenvalue weighted by Gasteiger charge is 2.16. The first-order chi connectivity index (χ1) is 10.2. The lowest BCUT2D eigenvalue weighted by Gasteiger charge is -2.28. The molecule has 0 saturated carbocycles. The summed E-state index contributed by atoms with van der Waals surface area (Å²) >= 11 is 1.66. The van der Waals surface area contributed by atoms with E-state index in [4.69, 9.17) is 5.11 Å². The summed E-state index contributed by atoms with van der Waals surface area (Å²) in [5, 5.41) is 8.65. The summed E-state index contributed by atoms with van der Waals surface area (Å²) in [5.74, 6) is -0.905. The van der Waals surface area contributed by atoms with E-state index >= 15 is 0 Å². The molecular formula is C17H17NO2S. The average molecular weight is 299 g/mol. The summed E-state index contributed by atoms with van der Waals surface area (Å²) in [4.78, 5) is 15.2. The van der Waals surface area contributed by atoms with E-state index in [-0.39, 0.29) is 0 Å². The number of thiophene rings is 1. The van der Waals surface area contributed by atoms with Crippen LogP contribution in [0, 0.1) is 0 Å². The minimum absolute atomic E-state index is 0.905. The molecule has 108 valence electrons. The Labute approximate surface area is 128 Å². The quantitative estimate of drug-likeness (QED) is 0.880. The van der Waals surface area contributed by atoms with Crippen LogP contribution < -0.4 is 0 Å². The van der Waals surface area contributed by atoms with E-state index in [2.05, 4.69) is 35.2 Å². The van der Waals surface area contributed by atoms with Crippen LogP contribution in [-0.4, -0.2) is 22.5 Å². The Hall–Kier alpha value is -1.91. The second kappa shape index (κ2) is 6.24. The van der Waals surface area contributed by atoms with Gasteiger partial charge >= 0.3 is 5.97 Å². The van der Waals surface area contributed by atoms with Crippen LogP contribution in [0.3, 0.4) is 0 Å². The second-order valence-corrected chi connectivity index (χ2v) is 6.40. The van der Waals surface area contributed by atoms with Gasteiger partial charge in [0.05, 0.1) is 0 Å². The molecule has 3 rings (SSSR count). The Bertz CT molecular complexity index is 675. The number of aliphatic carboxylic acids is 1. The van der Waals surface area contributed by atoms with Gasteiger partial charge in [-0.3, -0.25) is 4.90 Å². The van der Waals surface area contributed by atoms with Crippen LogP contribution in [0.2, 0.25) is 0 Å². The fraction of sp³-hybridized carbons (Fsp3) is 0.235. The van der Waals surface area contributed by atoms with E-state index in [0.717, 1.165) is 30.9 Å². The summed E-state index contributed by atoms with van der Waals surface area (Å²) in [7, 11) is 0. The molecule has 4 heteroatoms. The lowest BCUT2D eigenvalue weighted by Crippen LogP contribution is -2.29. The Morgan fingerprint density at radius 1 is 1.24 bits per heavy atom. The molecule has 2 aromatic rings. The number of hydrogen-bond acceptors (Lipinski definition) is 3. The fourth-order valence-electron chi connectivity index (χ4n) is 2.63. The number of carboxylic acids is 1. The summed E-state index contributed by atoms with van der Waals surface area (Å²) < 4.78 is 0. The van der Waals surface area contributed by atoms with E-state index in [1.165, 1.54) is 22.1 Å². The van der Waals surface area contributed by atoms with Gasteiger partial charge in [0.2, 0.25) is 0 Å². The van der Waals surface area contributed by atoms with Gasteiger partial charge in [0.1, 0.15) is 0 Å². The Morgan fingerprint density at radius 2 is 2.05 bits per heavy atom. The van der Waals surface area contributed by atoms with E-state index in [0.29, 0.717) is 0 Å². The highest BCUT2D eigenvalue weighted by molar-refractivity contribution is 7.12. The van der Waals surface area contributed by atoms with E-state index in [1.807, 2.05) is 6.07 Å². The summed E-state index contributed by atoms with van der Waals surface area (Å²) in [5.41, 5.74) is 2.89. The maximum Gasteiger partial charge on any atom is 0.328 e. The van der Waals surface area contributed by atoms with Gasteiger partial charge in [-0.05, 0) is 35.8 Å². The van der Waals surface area contributed by atoms with Crippen molar-refractivity contribution in [3.8, 4) is 0 Å². The predicted molar refractivity (Wildman–Crippen MR) is 85.2 cm³/mol. The fourth-order valence-corrected chi connectivity index (χ4v) is 3.59. The van der Waals surface area contributed by atoms with Crippen molar-refractivity contribution in [3.05, 3.63) is 63.4 Å². The zero-order valence-electron chi connectivity index (χ0n) is 11.7. The van der Waals surface area contributed by atoms with Crippen molar-refractivity contribution >= 4 is 23.4 Å². The van der Waals surface area contributed by atoms with Gasteiger partial charge < -0.3 is 5.11 Å². The number of fused-ring (bicyclic) bond motifs is 1. The van der Waals surface area contributed by atoms with Crippen molar-refractivity contribution in [1.29, 1.82) is 0 Å². The van der Waals surface area contributed by atoms with Crippen molar-refractivity contribution in [1.82, 2.24) is 4.90 Å². The molecule has 1 aliphatic heterocycles. The number of hydrogen-bond donors (Lipinski definition) is 1. The predicted octanol–water partition coefficient (Wildman–Crippen LogP) is 3.40. The minimum Gasteiger partial charge on any atom is -0.478 e. The van der Waals surface area contributed by atoms with E-state index in [1.54, 1.807) is 17.4 Å². The van der Waals surface area contributed by atoms with Crippen LogP contribution >= 0.6 is 11.3 Å². The maximum atomic E-state index is 10.5. The largest absolute Gasteiger partial charge is 0.478 e. The van der Waals surface area contributed by atoms with Crippen LogP contribution in [0.5, 0.6) is 0 Å². The summed E-state index contributed by atoms with van der Waals surface area (Å²) in [6.07, 6.45) is 3.95. The molecule has 0 saturated heterocycles. The first-order valence-electron chi connectivity index (χ1n) is 6.99. The van der Waals surface area contributed by atoms with Crippen LogP contribution in [-0.2, 0) is 24.3 Å². The van der Waals surface area contributed by atoms with Crippen molar-refractivity contribution < 1.29 is 9.90 Å². The lowest BCUT2D eigenvalue weighted by molar-refractivity contribution is -0.131. The molecule has 0 unspecified atom stereocenters. The van der Waals surface area contributed by atoms with Crippen molar-refractivity contribution in [2.24, 2.45) is 0 Å². The zero-order chi connectivity index (χ0) is 14.7. The Kier molecular flexibility index (Phi) is 4.18. The molecule has 0 bridgehead atoms. The molecule has 21 heavy (non-hydrogen) atoms. The van der Waals surface area contributed by atoms with Gasteiger partial charge in [-0.25, -0.2) is 4.79 Å². The van der Waals surface area contributed by atoms with E-state index < -0.39 is 5.97 Å². The number of carboxylic acid groups (broad SMARTS) is 1. The topological polar surface area (TPSA) is 40.5 Å². The molecule has 0 fully saturated rings. The standard InChI is InChI=1S/C17H17NO2S/c19-17(20)8-7-15-5-6-16(21-15)12-18-10-9-13-3-1-2-4-14(13)11-18/h1-8H,9-12H2,(H,19,20). The molecule has 2 heterocycles. The smallest absolute Gasteiger partial charge is 0.328 e. The maximum absolute atomic E-state index is 10.5. The lowest BCUT2D eigenvalue weighted by atomic mass is 10.00. The number of rotatable bonds is 4. The third-order valence-electron chi connectivity index (χ3n) is 3.66. The monoisotopic (exact) mass is 299 g/mol. The van der Waals surface area contributed by atoms with Gasteiger partial charge in [0.15, 0.2) is 0 Å². The third-order valence-corrected chi connectivity index (χ3v) is 4.70. The normalized spacial score (nSPS) is 15.2. The van der Waals surface area contributed by atoms with Crippen LogP contribution in [0.4, 0.5) is 0 Å². The number of nitrogens with zero attached hydrogens (tertiary/aromatic N) is 1. The Balaban J connectivity index is 1.64. The van der Waals surface area contributed by atoms with Crippen molar-refractivity contribution in [3.63, 3.8) is 0 Å². The molecule has 0 atom stereocenters. The third kappa shape index (κ3) is 3.60. The SMILES string of the molecule is O=C(O)C=Cc1ccc(CN2CCc3ccccc3C2)s1. The summed E-state index contributed by atoms with van der Waals surface area (Å²) in [6.45, 7) is 3.00. The molecule has 1 aromatic heterocycles. The molecule has 1 aliphatic rings. The van der Waals surface area contributed by atoms with Crippen molar-refractivity contribution in [2.45, 2.75) is 19.5 Å². The van der Waals surface area contributed by atoms with Gasteiger partial charge in [-0.1, -0.05) is 24.3 Å². The van der Waals surface area contributed by atoms with Crippen LogP contribution in [0.25, 0.3) is 6.08 Å². The highest BCUT2D eigenvalue weighted by atomic mass is 32.1. The van der Waals surface area contributed by atoms with Gasteiger partial charge in [0, 0.05) is 35.5 Å². The molecular weight excluding hydrogens is 282 g/mol. The second-order valence-electron chi connectivity index (χ2n) is 5.21. The van der Waals surface area contributed by atoms with Crippen LogP contribution in [0.15, 0.2) is 42.5 Å². The first kappa shape index (κ1) is 14.0. The molecule has 0 spiro atoms. The molecule has 0 amide bonds. The first-order valence-corrected chi connectivity index (χ1v) is 7.81. The zero-order valence-corrected chi connectivity index (χ0v) is 12.5. The van der Waals surface area contributed by atoms with Crippen LogP contribution in [0.1, 0.15) is 20.9 Å². The highest BCUT2D eigenvalue weighted by Crippen LogP contribution is 2.24. The van der Waals surface area contributed by atoms with E-state index in [9.17, 15) is 4.79 Å². The molecule has 0 radical (unpaired) electrons. The minimum atomic E-state index is -0.905. The molecule has 3 nitrogen and oxygen atoms in total. The summed E-state index contributed by atoms with van der Waals surface area (Å²) in [6, 6.07) is 12.7.